The van der Waals surface area contributed by atoms with Crippen LogP contribution in [0.15, 0.2) is 12.1 Å². The minimum absolute atomic E-state index is 0.355. The molecule has 0 aliphatic heterocycles. The molecule has 1 aromatic rings. The van der Waals surface area contributed by atoms with Crippen LogP contribution in [0.25, 0.3) is 0 Å². The summed E-state index contributed by atoms with van der Waals surface area (Å²) >= 11 is 0. The molecule has 0 fully saturated rings. The quantitative estimate of drug-likeness (QED) is 0.773. The predicted molar refractivity (Wildman–Crippen MR) is 59.6 cm³/mol. The molecule has 0 aromatic heterocycles. The van der Waals surface area contributed by atoms with E-state index < -0.39 is 0 Å². The Hall–Kier alpha value is -1.02. The third-order valence-corrected chi connectivity index (χ3v) is 2.37. The Morgan fingerprint density at radius 2 is 1.71 bits per heavy atom. The zero-order valence-electron chi connectivity index (χ0n) is 9.39. The summed E-state index contributed by atoms with van der Waals surface area (Å²) in [4.78, 5) is 0. The van der Waals surface area contributed by atoms with E-state index in [1.54, 1.807) is 0 Å². The van der Waals surface area contributed by atoms with Crippen molar-refractivity contribution in [2.45, 2.75) is 40.3 Å². The third-order valence-electron chi connectivity index (χ3n) is 2.37. The monoisotopic (exact) mass is 193 g/mol. The molecule has 2 N–H and O–H groups in total. The maximum absolute atomic E-state index is 9.38. The molecule has 1 rings (SSSR count). The molecular formula is C12H19NO. The fraction of sp³-hybridized carbons (Fsp3) is 0.500. The summed E-state index contributed by atoms with van der Waals surface area (Å²) < 4.78 is 0. The van der Waals surface area contributed by atoms with Crippen molar-refractivity contribution < 1.29 is 5.11 Å². The Labute approximate surface area is 86.0 Å². The van der Waals surface area contributed by atoms with Gasteiger partial charge < -0.3 is 10.4 Å². The number of nitrogens with one attached hydrogen (secondary N) is 1. The van der Waals surface area contributed by atoms with E-state index in [0.29, 0.717) is 11.8 Å². The van der Waals surface area contributed by atoms with E-state index in [4.69, 9.17) is 0 Å². The lowest BCUT2D eigenvalue weighted by Gasteiger charge is -2.13. The van der Waals surface area contributed by atoms with Gasteiger partial charge in [0, 0.05) is 12.6 Å². The first-order valence-electron chi connectivity index (χ1n) is 5.03. The Bertz CT molecular complexity index is 295. The van der Waals surface area contributed by atoms with Gasteiger partial charge in [-0.25, -0.2) is 0 Å². The van der Waals surface area contributed by atoms with Crippen LogP contribution in [0.1, 0.15) is 30.5 Å². The molecule has 0 bridgehead atoms. The second-order valence-electron chi connectivity index (χ2n) is 4.09. The highest BCUT2D eigenvalue weighted by molar-refractivity contribution is 5.40. The largest absolute Gasteiger partial charge is 0.508 e. The second kappa shape index (κ2) is 4.47. The zero-order chi connectivity index (χ0) is 10.7. The lowest BCUT2D eigenvalue weighted by Crippen LogP contribution is -2.22. The lowest BCUT2D eigenvalue weighted by molar-refractivity contribution is 0.473. The van der Waals surface area contributed by atoms with E-state index in [2.05, 4.69) is 19.2 Å². The Morgan fingerprint density at radius 1 is 1.21 bits per heavy atom. The summed E-state index contributed by atoms with van der Waals surface area (Å²) in [5.74, 6) is 0.355. The van der Waals surface area contributed by atoms with Crippen molar-refractivity contribution in [2.75, 3.05) is 0 Å². The number of phenolic OH excluding ortho intramolecular Hbond substituents is 1. The molecule has 0 spiro atoms. The van der Waals surface area contributed by atoms with Crippen LogP contribution in [0.4, 0.5) is 0 Å². The topological polar surface area (TPSA) is 32.3 Å². The third kappa shape index (κ3) is 2.74. The van der Waals surface area contributed by atoms with Gasteiger partial charge in [0.2, 0.25) is 0 Å². The summed E-state index contributed by atoms with van der Waals surface area (Å²) in [6, 6.07) is 4.11. The molecule has 1 aromatic carbocycles. The smallest absolute Gasteiger partial charge is 0.116 e. The highest BCUT2D eigenvalue weighted by Gasteiger charge is 2.04. The maximum Gasteiger partial charge on any atom is 0.116 e. The minimum atomic E-state index is 0.355. The fourth-order valence-electron chi connectivity index (χ4n) is 1.56. The minimum Gasteiger partial charge on any atom is -0.508 e. The van der Waals surface area contributed by atoms with Crippen LogP contribution in [0.5, 0.6) is 5.75 Å². The number of hydrogen-bond donors (Lipinski definition) is 2. The van der Waals surface area contributed by atoms with Gasteiger partial charge in [-0.15, -0.1) is 0 Å². The van der Waals surface area contributed by atoms with Gasteiger partial charge >= 0.3 is 0 Å². The zero-order valence-corrected chi connectivity index (χ0v) is 9.39. The van der Waals surface area contributed by atoms with Crippen molar-refractivity contribution in [1.82, 2.24) is 5.32 Å². The molecule has 0 radical (unpaired) electrons. The molecule has 14 heavy (non-hydrogen) atoms. The van der Waals surface area contributed by atoms with E-state index in [1.165, 1.54) is 5.56 Å². The maximum atomic E-state index is 9.38. The molecule has 0 heterocycles. The van der Waals surface area contributed by atoms with E-state index in [9.17, 15) is 5.11 Å². The highest BCUT2D eigenvalue weighted by atomic mass is 16.3. The predicted octanol–water partition coefficient (Wildman–Crippen LogP) is 2.51. The van der Waals surface area contributed by atoms with Gasteiger partial charge in [-0.1, -0.05) is 13.8 Å². The molecular weight excluding hydrogens is 174 g/mol. The molecule has 0 saturated carbocycles. The van der Waals surface area contributed by atoms with Crippen molar-refractivity contribution in [2.24, 2.45) is 0 Å². The van der Waals surface area contributed by atoms with Gasteiger partial charge in [0.1, 0.15) is 5.75 Å². The molecule has 2 nitrogen and oxygen atoms in total. The fourth-order valence-corrected chi connectivity index (χ4v) is 1.56. The van der Waals surface area contributed by atoms with Gasteiger partial charge in [-0.05, 0) is 42.7 Å². The molecule has 0 unspecified atom stereocenters. The normalized spacial score (nSPS) is 10.9. The van der Waals surface area contributed by atoms with Gasteiger partial charge in [0.15, 0.2) is 0 Å². The van der Waals surface area contributed by atoms with Crippen molar-refractivity contribution >= 4 is 0 Å². The first kappa shape index (κ1) is 11.1. The van der Waals surface area contributed by atoms with Gasteiger partial charge in [-0.3, -0.25) is 0 Å². The van der Waals surface area contributed by atoms with Crippen LogP contribution in [0.3, 0.4) is 0 Å². The molecule has 78 valence electrons. The molecule has 0 aliphatic rings. The number of aromatic hydroxyl groups is 1. The Balaban J connectivity index is 2.86. The Kier molecular flexibility index (Phi) is 3.53. The van der Waals surface area contributed by atoms with Gasteiger partial charge in [0.25, 0.3) is 0 Å². The van der Waals surface area contributed by atoms with Crippen molar-refractivity contribution in [3.8, 4) is 5.75 Å². The number of phenols is 1. The van der Waals surface area contributed by atoms with E-state index >= 15 is 0 Å². The van der Waals surface area contributed by atoms with E-state index in [0.717, 1.165) is 17.7 Å². The van der Waals surface area contributed by atoms with Crippen LogP contribution in [-0.4, -0.2) is 11.1 Å². The van der Waals surface area contributed by atoms with Gasteiger partial charge in [-0.2, -0.15) is 0 Å². The number of benzene rings is 1. The average molecular weight is 193 g/mol. The van der Waals surface area contributed by atoms with Gasteiger partial charge in [0.05, 0.1) is 0 Å². The standard InChI is InChI=1S/C12H19NO/c1-8(2)13-7-12-9(3)5-11(14)6-10(12)4/h5-6,8,13-14H,7H2,1-4H3. The van der Waals surface area contributed by atoms with Crippen LogP contribution in [0, 0.1) is 13.8 Å². The number of rotatable bonds is 3. The summed E-state index contributed by atoms with van der Waals surface area (Å²) in [7, 11) is 0. The molecule has 2 heteroatoms. The van der Waals surface area contributed by atoms with Crippen LogP contribution in [-0.2, 0) is 6.54 Å². The Morgan fingerprint density at radius 3 is 2.14 bits per heavy atom. The molecule has 0 atom stereocenters. The van der Waals surface area contributed by atoms with Crippen LogP contribution in [0.2, 0.25) is 0 Å². The highest BCUT2D eigenvalue weighted by Crippen LogP contribution is 2.20. The number of aryl methyl sites for hydroxylation is 2. The molecule has 0 saturated heterocycles. The van der Waals surface area contributed by atoms with E-state index in [-0.39, 0.29) is 0 Å². The first-order valence-corrected chi connectivity index (χ1v) is 5.03. The SMILES string of the molecule is Cc1cc(O)cc(C)c1CNC(C)C. The van der Waals surface area contributed by atoms with Crippen molar-refractivity contribution in [1.29, 1.82) is 0 Å². The second-order valence-corrected chi connectivity index (χ2v) is 4.09. The lowest BCUT2D eigenvalue weighted by atomic mass is 10.0. The summed E-state index contributed by atoms with van der Waals surface area (Å²) in [6.45, 7) is 9.19. The first-order chi connectivity index (χ1) is 6.50. The summed E-state index contributed by atoms with van der Waals surface area (Å²) in [5.41, 5.74) is 3.59. The van der Waals surface area contributed by atoms with Crippen LogP contribution < -0.4 is 5.32 Å². The van der Waals surface area contributed by atoms with Crippen LogP contribution >= 0.6 is 0 Å². The summed E-state index contributed by atoms with van der Waals surface area (Å²) in [6.07, 6.45) is 0. The molecule has 0 amide bonds. The van der Waals surface area contributed by atoms with Crippen molar-refractivity contribution in [3.05, 3.63) is 28.8 Å². The number of hydrogen-bond acceptors (Lipinski definition) is 2. The average Bonchev–Trinajstić information content (AvgIpc) is 2.01. The van der Waals surface area contributed by atoms with E-state index in [1.807, 2.05) is 26.0 Å². The molecule has 0 aliphatic carbocycles. The summed E-state index contributed by atoms with van der Waals surface area (Å²) in [5, 5.41) is 12.8. The van der Waals surface area contributed by atoms with Crippen molar-refractivity contribution in [3.63, 3.8) is 0 Å².